The van der Waals surface area contributed by atoms with Gasteiger partial charge < -0.3 is 14.2 Å². The fourth-order valence-corrected chi connectivity index (χ4v) is 5.23. The minimum absolute atomic E-state index is 0.595. The zero-order chi connectivity index (χ0) is 31.9. The smallest absolute Gasteiger partial charge is 0.330 e. The van der Waals surface area contributed by atoms with E-state index >= 15 is 0 Å². The van der Waals surface area contributed by atoms with Crippen LogP contribution in [-0.4, -0.2) is 38.7 Å². The van der Waals surface area contributed by atoms with E-state index in [1.165, 1.54) is 0 Å². The molecule has 0 fully saturated rings. The van der Waals surface area contributed by atoms with E-state index in [1.807, 2.05) is 105 Å². The largest absolute Gasteiger partial charge is 0.455 e. The maximum Gasteiger partial charge on any atom is 0.330 e. The second-order valence-electron chi connectivity index (χ2n) is 12.5. The molecule has 7 aromatic rings. The van der Waals surface area contributed by atoms with Crippen LogP contribution in [0.5, 0.6) is 0 Å². The Morgan fingerprint density at radius 1 is 0.587 bits per heavy atom. The molecular formula is C39H33BN3O3. The predicted octanol–water partition coefficient (Wildman–Crippen LogP) is 8.25. The zero-order valence-corrected chi connectivity index (χ0v) is 26.2. The third kappa shape index (κ3) is 5.71. The SMILES string of the molecule is CC(C)(O)C(C)(C)O[B]c1cc(-c2ccc(-c3nc(-c4ccccc4)nc(-c4ccccc4)n3)cc2)c2oc3ccccc3c2c1. The van der Waals surface area contributed by atoms with Crippen LogP contribution in [0.25, 0.3) is 67.2 Å². The number of hydrogen-bond acceptors (Lipinski definition) is 6. The summed E-state index contributed by atoms with van der Waals surface area (Å²) in [6, 6.07) is 40.3. The molecule has 7 heteroatoms. The van der Waals surface area contributed by atoms with Crippen molar-refractivity contribution in [3.05, 3.63) is 121 Å². The van der Waals surface area contributed by atoms with Crippen molar-refractivity contribution >= 4 is 34.9 Å². The molecule has 46 heavy (non-hydrogen) atoms. The molecule has 0 unspecified atom stereocenters. The van der Waals surface area contributed by atoms with Crippen LogP contribution in [0.4, 0.5) is 0 Å². The summed E-state index contributed by atoms with van der Waals surface area (Å²) >= 11 is 0. The first-order valence-corrected chi connectivity index (χ1v) is 15.3. The lowest BCUT2D eigenvalue weighted by atomic mass is 9.81. The molecule has 1 radical (unpaired) electrons. The quantitative estimate of drug-likeness (QED) is 0.177. The fraction of sp³-hybridized carbons (Fsp3) is 0.154. The van der Waals surface area contributed by atoms with Crippen molar-refractivity contribution in [3.63, 3.8) is 0 Å². The van der Waals surface area contributed by atoms with E-state index < -0.39 is 11.2 Å². The second kappa shape index (κ2) is 11.7. The summed E-state index contributed by atoms with van der Waals surface area (Å²) in [4.78, 5) is 14.6. The second-order valence-corrected chi connectivity index (χ2v) is 12.5. The van der Waals surface area contributed by atoms with Gasteiger partial charge in [0.15, 0.2) is 17.5 Å². The Morgan fingerprint density at radius 3 is 1.65 bits per heavy atom. The molecule has 0 saturated carbocycles. The highest BCUT2D eigenvalue weighted by Gasteiger charge is 2.35. The molecule has 0 aliphatic carbocycles. The normalized spacial score (nSPS) is 12.1. The van der Waals surface area contributed by atoms with E-state index in [1.54, 1.807) is 21.3 Å². The molecule has 0 aliphatic rings. The average molecular weight is 603 g/mol. The van der Waals surface area contributed by atoms with Gasteiger partial charge in [-0.2, -0.15) is 0 Å². The standard InChI is InChI=1S/C39H33BN3O3/c1-38(2,44)39(3,4)46-40-29-23-31(34-32(24-29)30-17-11-12-18-33(30)45-34)25-19-21-28(22-20-25)37-42-35(26-13-7-5-8-14-26)41-36(43-37)27-15-9-6-10-16-27/h5-24,44H,1-4H3. The first-order chi connectivity index (χ1) is 22.2. The number of para-hydroxylation sites is 1. The molecule has 5 aromatic carbocycles. The number of rotatable bonds is 8. The Kier molecular flexibility index (Phi) is 7.51. The number of fused-ring (bicyclic) bond motifs is 3. The summed E-state index contributed by atoms with van der Waals surface area (Å²) in [5.74, 6) is 1.84. The van der Waals surface area contributed by atoms with E-state index in [9.17, 15) is 5.11 Å². The van der Waals surface area contributed by atoms with Gasteiger partial charge in [0.05, 0.1) is 11.2 Å². The number of furan rings is 1. The van der Waals surface area contributed by atoms with Crippen LogP contribution in [0.15, 0.2) is 126 Å². The number of nitrogens with zero attached hydrogens (tertiary/aromatic N) is 3. The van der Waals surface area contributed by atoms with Gasteiger partial charge in [-0.15, -0.1) is 0 Å². The zero-order valence-electron chi connectivity index (χ0n) is 26.2. The molecule has 1 N–H and O–H groups in total. The first-order valence-electron chi connectivity index (χ1n) is 15.3. The number of hydrogen-bond donors (Lipinski definition) is 1. The third-order valence-electron chi connectivity index (χ3n) is 8.62. The van der Waals surface area contributed by atoms with Crippen molar-refractivity contribution < 1.29 is 14.2 Å². The molecule has 7 rings (SSSR count). The summed E-state index contributed by atoms with van der Waals surface area (Å²) in [5.41, 5.74) is 5.28. The van der Waals surface area contributed by atoms with Crippen LogP contribution in [0.3, 0.4) is 0 Å². The molecule has 2 heterocycles. The highest BCUT2D eigenvalue weighted by molar-refractivity contribution is 6.48. The third-order valence-corrected chi connectivity index (χ3v) is 8.62. The van der Waals surface area contributed by atoms with Crippen LogP contribution in [0.1, 0.15) is 27.7 Å². The van der Waals surface area contributed by atoms with E-state index in [0.717, 1.165) is 55.2 Å². The Labute approximate surface area is 269 Å². The molecule has 0 spiro atoms. The molecule has 2 aromatic heterocycles. The fourth-order valence-electron chi connectivity index (χ4n) is 5.23. The van der Waals surface area contributed by atoms with Gasteiger partial charge >= 0.3 is 7.48 Å². The van der Waals surface area contributed by atoms with Gasteiger partial charge in [-0.1, -0.05) is 121 Å². The summed E-state index contributed by atoms with van der Waals surface area (Å²) in [5, 5.41) is 12.7. The van der Waals surface area contributed by atoms with Crippen LogP contribution >= 0.6 is 0 Å². The number of benzene rings is 5. The van der Waals surface area contributed by atoms with Gasteiger partial charge in [-0.25, -0.2) is 15.0 Å². The molecule has 0 aliphatic heterocycles. The molecule has 0 saturated heterocycles. The van der Waals surface area contributed by atoms with Crippen molar-refractivity contribution in [2.24, 2.45) is 0 Å². The molecule has 225 valence electrons. The molecule has 6 nitrogen and oxygen atoms in total. The summed E-state index contributed by atoms with van der Waals surface area (Å²) in [6.45, 7) is 7.25. The lowest BCUT2D eigenvalue weighted by molar-refractivity contribution is -0.0893. The van der Waals surface area contributed by atoms with Crippen molar-refractivity contribution in [3.8, 4) is 45.3 Å². The average Bonchev–Trinajstić information content (AvgIpc) is 3.46. The molecule has 0 atom stereocenters. The topological polar surface area (TPSA) is 81.3 Å². The van der Waals surface area contributed by atoms with Crippen LogP contribution < -0.4 is 5.46 Å². The number of aliphatic hydroxyl groups is 1. The van der Waals surface area contributed by atoms with Gasteiger partial charge in [0.1, 0.15) is 11.2 Å². The highest BCUT2D eigenvalue weighted by atomic mass is 16.5. The van der Waals surface area contributed by atoms with Crippen molar-refractivity contribution in [1.82, 2.24) is 15.0 Å². The van der Waals surface area contributed by atoms with E-state index in [0.29, 0.717) is 17.5 Å². The lowest BCUT2D eigenvalue weighted by Crippen LogP contribution is -2.49. The van der Waals surface area contributed by atoms with Gasteiger partial charge in [0.2, 0.25) is 0 Å². The molecule has 0 bridgehead atoms. The molecule has 0 amide bonds. The van der Waals surface area contributed by atoms with Crippen LogP contribution in [0, 0.1) is 0 Å². The Hall–Kier alpha value is -5.11. The highest BCUT2D eigenvalue weighted by Crippen LogP contribution is 2.36. The lowest BCUT2D eigenvalue weighted by Gasteiger charge is -2.37. The van der Waals surface area contributed by atoms with Gasteiger partial charge in [-0.05, 0) is 39.3 Å². The summed E-state index contributed by atoms with van der Waals surface area (Å²) in [7, 11) is 1.72. The number of aromatic nitrogens is 3. The maximum atomic E-state index is 10.6. The maximum absolute atomic E-state index is 10.6. The van der Waals surface area contributed by atoms with Crippen molar-refractivity contribution in [2.45, 2.75) is 38.9 Å². The Bertz CT molecular complexity index is 2100. The van der Waals surface area contributed by atoms with Gasteiger partial charge in [0.25, 0.3) is 0 Å². The van der Waals surface area contributed by atoms with Gasteiger partial charge in [-0.3, -0.25) is 0 Å². The predicted molar refractivity (Wildman–Crippen MR) is 186 cm³/mol. The van der Waals surface area contributed by atoms with E-state index in [2.05, 4.69) is 30.3 Å². The first kappa shape index (κ1) is 29.6. The van der Waals surface area contributed by atoms with Crippen LogP contribution in [0.2, 0.25) is 0 Å². The van der Waals surface area contributed by atoms with Crippen molar-refractivity contribution in [2.75, 3.05) is 0 Å². The minimum Gasteiger partial charge on any atom is -0.455 e. The Morgan fingerprint density at radius 2 is 1.09 bits per heavy atom. The van der Waals surface area contributed by atoms with E-state index in [4.69, 9.17) is 24.0 Å². The summed E-state index contributed by atoms with van der Waals surface area (Å²) in [6.07, 6.45) is 0. The van der Waals surface area contributed by atoms with Crippen molar-refractivity contribution in [1.29, 1.82) is 0 Å². The van der Waals surface area contributed by atoms with Crippen LogP contribution in [-0.2, 0) is 4.65 Å². The van der Waals surface area contributed by atoms with E-state index in [-0.39, 0.29) is 0 Å². The monoisotopic (exact) mass is 602 g/mol. The van der Waals surface area contributed by atoms with Gasteiger partial charge in [0, 0.05) is 33.0 Å². The Balaban J connectivity index is 1.31. The molecular weight excluding hydrogens is 569 g/mol. The minimum atomic E-state index is -1.04. The summed E-state index contributed by atoms with van der Waals surface area (Å²) < 4.78 is 12.6.